The highest BCUT2D eigenvalue weighted by Gasteiger charge is 2.32. The van der Waals surface area contributed by atoms with Crippen molar-refractivity contribution in [3.63, 3.8) is 0 Å². The second kappa shape index (κ2) is 5.80. The summed E-state index contributed by atoms with van der Waals surface area (Å²) < 4.78 is 5.23. The first kappa shape index (κ1) is 14.0. The number of benzene rings is 1. The van der Waals surface area contributed by atoms with Gasteiger partial charge in [-0.2, -0.15) is 5.11 Å². The summed E-state index contributed by atoms with van der Waals surface area (Å²) in [5.41, 5.74) is 12.5. The van der Waals surface area contributed by atoms with Gasteiger partial charge in [-0.1, -0.05) is 18.2 Å². The number of pyridine rings is 1. The average molecular weight is 297 g/mol. The third-order valence-corrected chi connectivity index (χ3v) is 3.17. The number of hydrogen-bond acceptors (Lipinski definition) is 7. The lowest BCUT2D eigenvalue weighted by Crippen LogP contribution is -2.12. The molecular weight excluding hydrogens is 282 g/mol. The minimum atomic E-state index is -0.302. The maximum atomic E-state index is 11.7. The van der Waals surface area contributed by atoms with Crippen molar-refractivity contribution in [2.24, 2.45) is 16.1 Å². The van der Waals surface area contributed by atoms with Crippen molar-refractivity contribution in [3.05, 3.63) is 36.4 Å². The van der Waals surface area contributed by atoms with Gasteiger partial charge in [0.1, 0.15) is 5.69 Å². The third kappa shape index (κ3) is 3.20. The average Bonchev–Trinajstić information content (AvgIpc) is 3.34. The number of azo groups is 1. The van der Waals surface area contributed by atoms with E-state index in [9.17, 15) is 4.79 Å². The first-order valence-electron chi connectivity index (χ1n) is 6.88. The van der Waals surface area contributed by atoms with Crippen LogP contribution in [0, 0.1) is 5.92 Å². The zero-order chi connectivity index (χ0) is 15.5. The molecule has 1 aliphatic rings. The first-order valence-corrected chi connectivity index (χ1v) is 6.88. The predicted molar refractivity (Wildman–Crippen MR) is 82.0 cm³/mol. The predicted octanol–water partition coefficient (Wildman–Crippen LogP) is 2.98. The molecule has 1 saturated carbocycles. The summed E-state index contributed by atoms with van der Waals surface area (Å²) in [6.07, 6.45) is 1.70. The molecule has 1 aromatic heterocycles. The van der Waals surface area contributed by atoms with E-state index in [2.05, 4.69) is 15.2 Å². The number of anilines is 2. The van der Waals surface area contributed by atoms with Gasteiger partial charge >= 0.3 is 5.97 Å². The molecule has 0 unspecified atom stereocenters. The number of hydrogen-bond donors (Lipinski definition) is 2. The Kier molecular flexibility index (Phi) is 3.69. The van der Waals surface area contributed by atoms with Crippen LogP contribution in [0.1, 0.15) is 12.8 Å². The normalized spacial score (nSPS) is 14.2. The SMILES string of the molecule is Nc1nc(N)c(OC(=O)C2CC2)cc1N=Nc1ccccc1. The fourth-order valence-electron chi connectivity index (χ4n) is 1.79. The van der Waals surface area contributed by atoms with Crippen LogP contribution >= 0.6 is 0 Å². The van der Waals surface area contributed by atoms with Gasteiger partial charge in [0.05, 0.1) is 11.6 Å². The zero-order valence-electron chi connectivity index (χ0n) is 11.8. The van der Waals surface area contributed by atoms with Crippen LogP contribution in [0.2, 0.25) is 0 Å². The Balaban J connectivity index is 1.84. The number of carbonyl (C=O) groups is 1. The maximum Gasteiger partial charge on any atom is 0.314 e. The van der Waals surface area contributed by atoms with Crippen molar-refractivity contribution < 1.29 is 9.53 Å². The van der Waals surface area contributed by atoms with Crippen molar-refractivity contribution in [3.8, 4) is 5.75 Å². The van der Waals surface area contributed by atoms with Gasteiger partial charge in [0, 0.05) is 6.07 Å². The summed E-state index contributed by atoms with van der Waals surface area (Å²) in [5.74, 6) is 0.0113. The minimum absolute atomic E-state index is 0.0358. The number of esters is 1. The molecule has 2 aromatic rings. The molecule has 112 valence electrons. The van der Waals surface area contributed by atoms with Gasteiger partial charge < -0.3 is 16.2 Å². The van der Waals surface area contributed by atoms with Crippen molar-refractivity contribution in [2.75, 3.05) is 11.5 Å². The second-order valence-electron chi connectivity index (χ2n) is 5.01. The van der Waals surface area contributed by atoms with Gasteiger partial charge in [0.15, 0.2) is 17.4 Å². The summed E-state index contributed by atoms with van der Waals surface area (Å²) in [7, 11) is 0. The summed E-state index contributed by atoms with van der Waals surface area (Å²) in [4.78, 5) is 15.7. The second-order valence-corrected chi connectivity index (χ2v) is 5.01. The van der Waals surface area contributed by atoms with Gasteiger partial charge in [-0.3, -0.25) is 4.79 Å². The Bertz CT molecular complexity index is 726. The molecule has 0 amide bonds. The van der Waals surface area contributed by atoms with Crippen LogP contribution in [0.5, 0.6) is 5.75 Å². The van der Waals surface area contributed by atoms with Gasteiger partial charge in [0.25, 0.3) is 0 Å². The number of nitrogens with zero attached hydrogens (tertiary/aromatic N) is 3. The van der Waals surface area contributed by atoms with Crippen LogP contribution in [0.15, 0.2) is 46.6 Å². The molecule has 0 bridgehead atoms. The van der Waals surface area contributed by atoms with Crippen molar-refractivity contribution >= 4 is 29.0 Å². The molecule has 1 fully saturated rings. The molecule has 0 radical (unpaired) electrons. The topological polar surface area (TPSA) is 116 Å². The number of aromatic nitrogens is 1. The molecule has 1 aliphatic carbocycles. The molecule has 0 atom stereocenters. The molecule has 1 aromatic carbocycles. The lowest BCUT2D eigenvalue weighted by atomic mass is 10.3. The van der Waals surface area contributed by atoms with Crippen LogP contribution in [0.4, 0.5) is 23.0 Å². The minimum Gasteiger partial charge on any atom is -0.422 e. The molecule has 0 saturated heterocycles. The maximum absolute atomic E-state index is 11.7. The number of rotatable bonds is 4. The van der Waals surface area contributed by atoms with Crippen molar-refractivity contribution in [2.45, 2.75) is 12.8 Å². The number of nitrogens with two attached hydrogens (primary N) is 2. The van der Waals surface area contributed by atoms with E-state index in [1.54, 1.807) is 12.1 Å². The molecule has 0 aliphatic heterocycles. The highest BCUT2D eigenvalue weighted by molar-refractivity contribution is 5.79. The lowest BCUT2D eigenvalue weighted by molar-refractivity contribution is -0.135. The Morgan fingerprint density at radius 2 is 1.86 bits per heavy atom. The van der Waals surface area contributed by atoms with Crippen molar-refractivity contribution in [1.29, 1.82) is 0 Å². The standard InChI is InChI=1S/C15H15N5O2/c16-13-11(20-19-10-4-2-1-3-5-10)8-12(14(17)18-13)22-15(21)9-6-7-9/h1-5,8-9H,6-7H2,(H4,16,17,18). The summed E-state index contributed by atoms with van der Waals surface area (Å²) in [6, 6.07) is 10.7. The number of nitrogen functional groups attached to an aromatic ring is 2. The highest BCUT2D eigenvalue weighted by atomic mass is 16.5. The van der Waals surface area contributed by atoms with Gasteiger partial charge in [-0.05, 0) is 25.0 Å². The molecule has 0 spiro atoms. The fraction of sp³-hybridized carbons (Fsp3) is 0.200. The van der Waals surface area contributed by atoms with E-state index in [4.69, 9.17) is 16.2 Å². The number of ether oxygens (including phenoxy) is 1. The van der Waals surface area contributed by atoms with Crippen LogP contribution in [-0.2, 0) is 4.79 Å². The van der Waals surface area contributed by atoms with Crippen molar-refractivity contribution in [1.82, 2.24) is 4.98 Å². The Morgan fingerprint density at radius 1 is 1.14 bits per heavy atom. The molecular formula is C15H15N5O2. The van der Waals surface area contributed by atoms with E-state index in [0.29, 0.717) is 11.4 Å². The van der Waals surface area contributed by atoms with E-state index >= 15 is 0 Å². The van der Waals surface area contributed by atoms with E-state index in [1.807, 2.05) is 18.2 Å². The third-order valence-electron chi connectivity index (χ3n) is 3.17. The molecule has 3 rings (SSSR count). The summed E-state index contributed by atoms with van der Waals surface area (Å²) in [6.45, 7) is 0. The summed E-state index contributed by atoms with van der Waals surface area (Å²) in [5, 5.41) is 8.09. The molecule has 7 nitrogen and oxygen atoms in total. The van der Waals surface area contributed by atoms with Crippen LogP contribution < -0.4 is 16.2 Å². The Hall–Kier alpha value is -2.96. The first-order chi connectivity index (χ1) is 10.6. The Labute approximate surface area is 127 Å². The van der Waals surface area contributed by atoms with Crippen LogP contribution in [0.3, 0.4) is 0 Å². The van der Waals surface area contributed by atoms with Gasteiger partial charge in [-0.25, -0.2) is 4.98 Å². The molecule has 22 heavy (non-hydrogen) atoms. The zero-order valence-corrected chi connectivity index (χ0v) is 11.8. The van der Waals surface area contributed by atoms with Gasteiger partial charge in [0.2, 0.25) is 0 Å². The Morgan fingerprint density at radius 3 is 2.55 bits per heavy atom. The lowest BCUT2D eigenvalue weighted by Gasteiger charge is -2.08. The van der Waals surface area contributed by atoms with E-state index in [-0.39, 0.29) is 29.3 Å². The fourth-order valence-corrected chi connectivity index (χ4v) is 1.79. The summed E-state index contributed by atoms with van der Waals surface area (Å²) >= 11 is 0. The van der Waals surface area contributed by atoms with E-state index in [1.165, 1.54) is 6.07 Å². The highest BCUT2D eigenvalue weighted by Crippen LogP contribution is 2.35. The number of carbonyl (C=O) groups excluding carboxylic acids is 1. The quantitative estimate of drug-likeness (QED) is 0.664. The monoisotopic (exact) mass is 297 g/mol. The largest absolute Gasteiger partial charge is 0.422 e. The molecule has 7 heteroatoms. The van der Waals surface area contributed by atoms with Crippen LogP contribution in [0.25, 0.3) is 0 Å². The van der Waals surface area contributed by atoms with E-state index in [0.717, 1.165) is 12.8 Å². The molecule has 4 N–H and O–H groups in total. The van der Waals surface area contributed by atoms with Gasteiger partial charge in [-0.15, -0.1) is 5.11 Å². The van der Waals surface area contributed by atoms with E-state index < -0.39 is 0 Å². The smallest absolute Gasteiger partial charge is 0.314 e. The molecule has 1 heterocycles. The van der Waals surface area contributed by atoms with Crippen LogP contribution in [-0.4, -0.2) is 11.0 Å².